The third-order valence-electron chi connectivity index (χ3n) is 3.59. The lowest BCUT2D eigenvalue weighted by Crippen LogP contribution is -2.35. The van der Waals surface area contributed by atoms with Gasteiger partial charge in [-0.15, -0.1) is 6.58 Å². The number of hydrogen-bond acceptors (Lipinski definition) is 3. The third kappa shape index (κ3) is 2.31. The topological polar surface area (TPSA) is 59.6 Å². The molecule has 0 aromatic heterocycles. The summed E-state index contributed by atoms with van der Waals surface area (Å²) in [7, 11) is 0. The maximum absolute atomic E-state index is 11.6. The second-order valence-electron chi connectivity index (χ2n) is 4.87. The SMILES string of the molecule is C=CCNC(=O)NCc1c2c(cc3c1OCC3)OCC2. The molecule has 2 aliphatic rings. The van der Waals surface area contributed by atoms with Gasteiger partial charge in [0.2, 0.25) is 0 Å². The van der Waals surface area contributed by atoms with Crippen molar-refractivity contribution >= 4 is 6.03 Å². The second kappa shape index (κ2) is 5.45. The molecule has 0 bridgehead atoms. The Morgan fingerprint density at radius 1 is 1.30 bits per heavy atom. The Labute approximate surface area is 118 Å². The zero-order valence-electron chi connectivity index (χ0n) is 11.3. The fourth-order valence-corrected chi connectivity index (χ4v) is 2.67. The highest BCUT2D eigenvalue weighted by Crippen LogP contribution is 2.40. The standard InChI is InChI=1S/C15H18N2O3/c1-2-5-16-15(18)17-9-12-11-4-7-19-13(11)8-10-3-6-20-14(10)12/h2,8H,1,3-7,9H2,(H2,16,17,18). The van der Waals surface area contributed by atoms with Gasteiger partial charge in [-0.3, -0.25) is 0 Å². The molecule has 2 N–H and O–H groups in total. The first kappa shape index (κ1) is 12.8. The Balaban J connectivity index is 1.79. The van der Waals surface area contributed by atoms with Crippen molar-refractivity contribution in [1.29, 1.82) is 0 Å². The van der Waals surface area contributed by atoms with Crippen LogP contribution in [-0.2, 0) is 19.4 Å². The van der Waals surface area contributed by atoms with E-state index in [2.05, 4.69) is 23.3 Å². The van der Waals surface area contributed by atoms with Crippen molar-refractivity contribution in [3.63, 3.8) is 0 Å². The zero-order chi connectivity index (χ0) is 13.9. The Morgan fingerprint density at radius 3 is 3.00 bits per heavy atom. The van der Waals surface area contributed by atoms with E-state index in [4.69, 9.17) is 9.47 Å². The van der Waals surface area contributed by atoms with E-state index >= 15 is 0 Å². The maximum Gasteiger partial charge on any atom is 0.315 e. The van der Waals surface area contributed by atoms with Crippen molar-refractivity contribution in [1.82, 2.24) is 10.6 Å². The Morgan fingerprint density at radius 2 is 2.15 bits per heavy atom. The third-order valence-corrected chi connectivity index (χ3v) is 3.59. The molecule has 0 aliphatic carbocycles. The minimum absolute atomic E-state index is 0.201. The van der Waals surface area contributed by atoms with Gasteiger partial charge in [-0.2, -0.15) is 0 Å². The van der Waals surface area contributed by atoms with Crippen LogP contribution in [0.5, 0.6) is 11.5 Å². The van der Waals surface area contributed by atoms with Crippen molar-refractivity contribution in [3.8, 4) is 11.5 Å². The summed E-state index contributed by atoms with van der Waals surface area (Å²) in [6, 6.07) is 1.87. The number of hydrogen-bond donors (Lipinski definition) is 2. The largest absolute Gasteiger partial charge is 0.493 e. The van der Waals surface area contributed by atoms with Crippen LogP contribution < -0.4 is 20.1 Å². The lowest BCUT2D eigenvalue weighted by atomic mass is 9.99. The van der Waals surface area contributed by atoms with Gasteiger partial charge in [0.1, 0.15) is 11.5 Å². The molecule has 0 saturated heterocycles. The summed E-state index contributed by atoms with van der Waals surface area (Å²) in [5.41, 5.74) is 3.39. The molecule has 3 rings (SSSR count). The number of carbonyl (C=O) groups excluding carboxylic acids is 1. The highest BCUT2D eigenvalue weighted by atomic mass is 16.5. The first-order chi connectivity index (χ1) is 9.79. The molecule has 5 heteroatoms. The van der Waals surface area contributed by atoms with Crippen LogP contribution >= 0.6 is 0 Å². The number of rotatable bonds is 4. The highest BCUT2D eigenvalue weighted by molar-refractivity contribution is 5.74. The lowest BCUT2D eigenvalue weighted by molar-refractivity contribution is 0.241. The molecule has 0 atom stereocenters. The van der Waals surface area contributed by atoms with E-state index in [-0.39, 0.29) is 6.03 Å². The smallest absolute Gasteiger partial charge is 0.315 e. The van der Waals surface area contributed by atoms with Crippen LogP contribution in [0.2, 0.25) is 0 Å². The Kier molecular flexibility index (Phi) is 3.50. The van der Waals surface area contributed by atoms with Crippen LogP contribution in [0, 0.1) is 0 Å². The fourth-order valence-electron chi connectivity index (χ4n) is 2.67. The first-order valence-electron chi connectivity index (χ1n) is 6.85. The summed E-state index contributed by atoms with van der Waals surface area (Å²) in [4.78, 5) is 11.6. The summed E-state index contributed by atoms with van der Waals surface area (Å²) in [5.74, 6) is 1.87. The predicted octanol–water partition coefficient (Wildman–Crippen LogP) is 1.54. The van der Waals surface area contributed by atoms with Gasteiger partial charge in [-0.05, 0) is 6.07 Å². The number of nitrogens with one attached hydrogen (secondary N) is 2. The van der Waals surface area contributed by atoms with Crippen LogP contribution in [0.3, 0.4) is 0 Å². The molecular weight excluding hydrogens is 256 g/mol. The van der Waals surface area contributed by atoms with Crippen molar-refractivity contribution in [2.75, 3.05) is 19.8 Å². The lowest BCUT2D eigenvalue weighted by Gasteiger charge is -2.13. The summed E-state index contributed by atoms with van der Waals surface area (Å²) in [5, 5.41) is 5.56. The van der Waals surface area contributed by atoms with Crippen molar-refractivity contribution < 1.29 is 14.3 Å². The molecule has 1 aromatic rings. The van der Waals surface area contributed by atoms with Crippen LogP contribution in [0.1, 0.15) is 16.7 Å². The van der Waals surface area contributed by atoms with Gasteiger partial charge in [0.05, 0.1) is 13.2 Å². The van der Waals surface area contributed by atoms with E-state index in [1.54, 1.807) is 6.08 Å². The number of urea groups is 1. The molecule has 5 nitrogen and oxygen atoms in total. The Bertz CT molecular complexity index is 522. The molecule has 0 unspecified atom stereocenters. The maximum atomic E-state index is 11.6. The van der Waals surface area contributed by atoms with Crippen molar-refractivity contribution in [2.24, 2.45) is 0 Å². The number of benzene rings is 1. The normalized spacial score (nSPS) is 14.8. The molecule has 0 spiro atoms. The van der Waals surface area contributed by atoms with Gasteiger partial charge in [-0.1, -0.05) is 6.08 Å². The quantitative estimate of drug-likeness (QED) is 0.819. The van der Waals surface area contributed by atoms with Gasteiger partial charge in [0, 0.05) is 42.6 Å². The van der Waals surface area contributed by atoms with E-state index in [0.717, 1.165) is 35.5 Å². The monoisotopic (exact) mass is 274 g/mol. The van der Waals surface area contributed by atoms with Gasteiger partial charge in [-0.25, -0.2) is 4.79 Å². The van der Waals surface area contributed by atoms with E-state index in [1.807, 2.05) is 0 Å². The van der Waals surface area contributed by atoms with Crippen molar-refractivity contribution in [2.45, 2.75) is 19.4 Å². The van der Waals surface area contributed by atoms with Gasteiger partial charge < -0.3 is 20.1 Å². The molecule has 20 heavy (non-hydrogen) atoms. The van der Waals surface area contributed by atoms with E-state index in [9.17, 15) is 4.79 Å². The first-order valence-corrected chi connectivity index (χ1v) is 6.85. The van der Waals surface area contributed by atoms with Gasteiger partial charge in [0.25, 0.3) is 0 Å². The molecule has 2 amide bonds. The van der Waals surface area contributed by atoms with E-state index in [0.29, 0.717) is 26.3 Å². The molecule has 0 radical (unpaired) electrons. The second-order valence-corrected chi connectivity index (χ2v) is 4.87. The van der Waals surface area contributed by atoms with Gasteiger partial charge >= 0.3 is 6.03 Å². The average molecular weight is 274 g/mol. The van der Waals surface area contributed by atoms with Crippen LogP contribution in [-0.4, -0.2) is 25.8 Å². The summed E-state index contributed by atoms with van der Waals surface area (Å²) >= 11 is 0. The molecule has 2 aliphatic heterocycles. The summed E-state index contributed by atoms with van der Waals surface area (Å²) in [6.45, 7) is 5.88. The zero-order valence-corrected chi connectivity index (χ0v) is 11.3. The fraction of sp³-hybridized carbons (Fsp3) is 0.400. The minimum atomic E-state index is -0.201. The van der Waals surface area contributed by atoms with Gasteiger partial charge in [0.15, 0.2) is 0 Å². The molecule has 1 aromatic carbocycles. The predicted molar refractivity (Wildman–Crippen MR) is 75.3 cm³/mol. The van der Waals surface area contributed by atoms with Crippen LogP contribution in [0.25, 0.3) is 0 Å². The number of ether oxygens (including phenoxy) is 2. The molecule has 2 heterocycles. The number of fused-ring (bicyclic) bond motifs is 2. The molecular formula is C15H18N2O3. The molecule has 106 valence electrons. The summed E-state index contributed by atoms with van der Waals surface area (Å²) in [6.07, 6.45) is 3.42. The average Bonchev–Trinajstić information content (AvgIpc) is 3.09. The summed E-state index contributed by atoms with van der Waals surface area (Å²) < 4.78 is 11.4. The van der Waals surface area contributed by atoms with Crippen LogP contribution in [0.4, 0.5) is 4.79 Å². The van der Waals surface area contributed by atoms with Crippen LogP contribution in [0.15, 0.2) is 18.7 Å². The Hall–Kier alpha value is -2.17. The molecule has 0 fully saturated rings. The highest BCUT2D eigenvalue weighted by Gasteiger charge is 2.26. The van der Waals surface area contributed by atoms with Crippen molar-refractivity contribution in [3.05, 3.63) is 35.4 Å². The number of carbonyl (C=O) groups is 1. The van der Waals surface area contributed by atoms with E-state index < -0.39 is 0 Å². The minimum Gasteiger partial charge on any atom is -0.493 e. The molecule has 0 saturated carbocycles. The number of amides is 2. The van der Waals surface area contributed by atoms with E-state index in [1.165, 1.54) is 5.56 Å².